The van der Waals surface area contributed by atoms with Gasteiger partial charge in [-0.1, -0.05) is 335 Å². The standard InChI is InChI=1S/C86H138B2F2N4O4S2/c1-13-17-21-25-29-33-37-40-44-48-52-56-60-85(59-55-51-47-43-36-32-28-24-20-16-4)65-63-67(87-95-81(5,6)82(7,8)96-87)77-79(93-99-91-77)69(65)71-73(85)75(89)72-70-66(64-68(78-80(70)94-100-92-78)88-97-83(9,10)84(11,12)98-88)86(74(72)76(71)90,61-57-53-49-45-41-38-34-30-26-22-18-14-2)62-58-54-50-46-42-39-35-31-27-23-19-15-3/h63-64H,13-62H2,1-12H3. The molecule has 0 amide bonds. The number of aromatic nitrogens is 4. The van der Waals surface area contributed by atoms with E-state index in [2.05, 4.69) is 95.2 Å². The SMILES string of the molecule is CCCCCCCCCCCCCCC1(CCCCCCCCCCCC)c2cc(B3OC(C)(C)C(C)(C)O3)c3nsnc3c2-c2c(F)c3c(c(F)c21)-c1c(cc(B2OC(C)(C)C(C)(C)O2)c2nsnc12)C3(CCCCCCCCCCCCCC)CCCCCCCCCCCCCC. The van der Waals surface area contributed by atoms with E-state index < -0.39 is 47.5 Å². The highest BCUT2D eigenvalue weighted by Crippen LogP contribution is 2.65. The van der Waals surface area contributed by atoms with Crippen molar-refractivity contribution in [3.8, 4) is 22.3 Å². The Hall–Kier alpha value is -2.87. The largest absolute Gasteiger partial charge is 0.497 e. The van der Waals surface area contributed by atoms with Crippen LogP contribution in [0.15, 0.2) is 12.1 Å². The zero-order valence-corrected chi connectivity index (χ0v) is 67.3. The van der Waals surface area contributed by atoms with Crippen molar-refractivity contribution in [1.82, 2.24) is 17.5 Å². The van der Waals surface area contributed by atoms with Crippen molar-refractivity contribution < 1.29 is 27.4 Å². The first-order valence-corrected chi connectivity index (χ1v) is 43.7. The van der Waals surface area contributed by atoms with Crippen LogP contribution in [0.2, 0.25) is 0 Å². The summed E-state index contributed by atoms with van der Waals surface area (Å²) in [7, 11) is -1.47. The van der Waals surface area contributed by atoms with Crippen molar-refractivity contribution in [3.63, 3.8) is 0 Å². The molecule has 2 aromatic heterocycles. The maximum absolute atomic E-state index is 20.8. The van der Waals surface area contributed by atoms with Crippen molar-refractivity contribution >= 4 is 70.7 Å². The minimum atomic E-state index is -0.878. The Balaban J connectivity index is 1.19. The van der Waals surface area contributed by atoms with E-state index in [0.29, 0.717) is 70.0 Å². The molecule has 2 saturated heterocycles. The molecule has 1 atom stereocenters. The molecule has 1 unspecified atom stereocenters. The maximum Gasteiger partial charge on any atom is 0.497 e. The molecule has 4 heterocycles. The minimum absolute atomic E-state index is 0.271. The van der Waals surface area contributed by atoms with Gasteiger partial charge < -0.3 is 18.6 Å². The second kappa shape index (κ2) is 39.1. The van der Waals surface area contributed by atoms with Crippen LogP contribution in [0, 0.1) is 11.6 Å². The molecule has 3 aromatic carbocycles. The van der Waals surface area contributed by atoms with Crippen LogP contribution in [0.3, 0.4) is 0 Å². The molecule has 2 aliphatic heterocycles. The van der Waals surface area contributed by atoms with Gasteiger partial charge in [-0.05, 0) is 92.2 Å². The molecule has 0 radical (unpaired) electrons. The Labute approximate surface area is 617 Å². The van der Waals surface area contributed by atoms with Crippen LogP contribution in [0.5, 0.6) is 0 Å². The lowest BCUT2D eigenvalue weighted by molar-refractivity contribution is 0.00578. The molecular weight excluding hydrogens is 1280 g/mol. The number of fused-ring (bicyclic) bond motifs is 10. The molecule has 558 valence electrons. The summed E-state index contributed by atoms with van der Waals surface area (Å²) in [5.74, 6) is -0.542. The monoisotopic (exact) mass is 1420 g/mol. The first-order valence-electron chi connectivity index (χ1n) is 42.2. The number of nitrogens with zero attached hydrogens (tertiary/aromatic N) is 4. The van der Waals surface area contributed by atoms with Crippen LogP contribution in [-0.2, 0) is 29.4 Å². The van der Waals surface area contributed by atoms with Gasteiger partial charge in [0.05, 0.1) is 45.9 Å². The highest BCUT2D eigenvalue weighted by Gasteiger charge is 2.59. The molecule has 0 saturated carbocycles. The fourth-order valence-corrected chi connectivity index (χ4v) is 19.0. The molecule has 8 nitrogen and oxygen atoms in total. The third-order valence-electron chi connectivity index (χ3n) is 25.3. The van der Waals surface area contributed by atoms with Crippen molar-refractivity contribution in [2.24, 2.45) is 0 Å². The Bertz CT molecular complexity index is 3230. The van der Waals surface area contributed by atoms with Crippen molar-refractivity contribution in [1.29, 1.82) is 0 Å². The molecule has 14 heteroatoms. The van der Waals surface area contributed by atoms with Crippen molar-refractivity contribution in [3.05, 3.63) is 46.0 Å². The summed E-state index contributed by atoms with van der Waals surface area (Å²) in [4.78, 5) is 0. The number of hydrogen-bond donors (Lipinski definition) is 0. The predicted octanol–water partition coefficient (Wildman–Crippen LogP) is 26.7. The van der Waals surface area contributed by atoms with E-state index in [1.54, 1.807) is 0 Å². The lowest BCUT2D eigenvalue weighted by Gasteiger charge is -2.35. The predicted molar refractivity (Wildman–Crippen MR) is 426 cm³/mol. The van der Waals surface area contributed by atoms with Gasteiger partial charge in [-0.25, -0.2) is 8.78 Å². The van der Waals surface area contributed by atoms with Gasteiger partial charge in [0.15, 0.2) is 0 Å². The lowest BCUT2D eigenvalue weighted by atomic mass is 9.66. The van der Waals surface area contributed by atoms with Gasteiger partial charge in [0.1, 0.15) is 33.7 Å². The van der Waals surface area contributed by atoms with E-state index in [1.165, 1.54) is 230 Å². The fourth-order valence-electron chi connectivity index (χ4n) is 17.8. The highest BCUT2D eigenvalue weighted by atomic mass is 32.1. The maximum atomic E-state index is 20.8. The van der Waals surface area contributed by atoms with Crippen LogP contribution in [0.25, 0.3) is 44.3 Å². The fraction of sp³-hybridized carbons (Fsp3) is 0.791. The van der Waals surface area contributed by atoms with E-state index in [1.807, 2.05) is 0 Å². The zero-order valence-electron chi connectivity index (χ0n) is 65.7. The Kier molecular flexibility index (Phi) is 31.8. The Morgan fingerprint density at radius 3 is 0.710 bits per heavy atom. The third kappa shape index (κ3) is 19.3. The molecule has 2 aliphatic carbocycles. The van der Waals surface area contributed by atoms with E-state index in [0.717, 1.165) is 122 Å². The Morgan fingerprint density at radius 2 is 0.490 bits per heavy atom. The minimum Gasteiger partial charge on any atom is -0.399 e. The Morgan fingerprint density at radius 1 is 0.290 bits per heavy atom. The molecular formula is C86H138B2F2N4O4S2. The normalized spacial score (nSPS) is 18.3. The highest BCUT2D eigenvalue weighted by molar-refractivity contribution is 7.00. The van der Waals surface area contributed by atoms with Crippen molar-refractivity contribution in [2.45, 2.75) is 437 Å². The van der Waals surface area contributed by atoms with Crippen LogP contribution >= 0.6 is 23.5 Å². The summed E-state index contributed by atoms with van der Waals surface area (Å²) in [6.07, 6.45) is 59.1. The van der Waals surface area contributed by atoms with E-state index >= 15 is 8.78 Å². The summed E-state index contributed by atoms with van der Waals surface area (Å²) >= 11 is 2.33. The van der Waals surface area contributed by atoms with E-state index in [4.69, 9.17) is 36.1 Å². The summed E-state index contributed by atoms with van der Waals surface area (Å²) < 4.78 is 90.2. The molecule has 9 rings (SSSR count). The van der Waals surface area contributed by atoms with Gasteiger partial charge in [-0.15, -0.1) is 0 Å². The van der Waals surface area contributed by atoms with Gasteiger partial charge in [0.2, 0.25) is 0 Å². The molecule has 2 fully saturated rings. The van der Waals surface area contributed by atoms with Gasteiger partial charge in [0.25, 0.3) is 0 Å². The molecule has 0 N–H and O–H groups in total. The second-order valence-electron chi connectivity index (χ2n) is 34.0. The van der Waals surface area contributed by atoms with Gasteiger partial charge >= 0.3 is 14.2 Å². The first kappa shape index (κ1) is 81.2. The molecule has 4 aliphatic rings. The van der Waals surface area contributed by atoms with Crippen molar-refractivity contribution in [2.75, 3.05) is 0 Å². The quantitative estimate of drug-likeness (QED) is 0.0281. The number of benzene rings is 3. The smallest absolute Gasteiger partial charge is 0.399 e. The number of unbranched alkanes of at least 4 members (excludes halogenated alkanes) is 42. The van der Waals surface area contributed by atoms with Gasteiger partial charge in [-0.3, -0.25) is 0 Å². The second-order valence-corrected chi connectivity index (χ2v) is 35.1. The summed E-state index contributed by atoms with van der Waals surface area (Å²) in [5.41, 5.74) is 5.37. The molecule has 100 heavy (non-hydrogen) atoms. The van der Waals surface area contributed by atoms with E-state index in [9.17, 15) is 0 Å². The number of halogens is 2. The zero-order chi connectivity index (χ0) is 71.2. The lowest BCUT2D eigenvalue weighted by Crippen LogP contribution is -2.41. The summed E-state index contributed by atoms with van der Waals surface area (Å²) in [6, 6.07) is 4.53. The molecule has 0 bridgehead atoms. The van der Waals surface area contributed by atoms with Crippen LogP contribution in [0.4, 0.5) is 8.78 Å². The third-order valence-corrected chi connectivity index (χ3v) is 26.4. The number of hydrogen-bond acceptors (Lipinski definition) is 10. The average molecular weight is 1420 g/mol. The summed E-state index contributed by atoms with van der Waals surface area (Å²) in [5, 5.41) is 0. The van der Waals surface area contributed by atoms with E-state index in [-0.39, 0.29) is 11.6 Å². The topological polar surface area (TPSA) is 88.5 Å². The molecule has 0 spiro atoms. The molecule has 5 aromatic rings. The van der Waals surface area contributed by atoms with Crippen LogP contribution in [-0.4, -0.2) is 54.1 Å². The summed E-state index contributed by atoms with van der Waals surface area (Å²) in [6.45, 7) is 26.0. The van der Waals surface area contributed by atoms with Gasteiger partial charge in [-0.2, -0.15) is 17.5 Å². The van der Waals surface area contributed by atoms with Gasteiger partial charge in [0, 0.05) is 55.1 Å². The average Bonchev–Trinajstić information content (AvgIpc) is 1.50. The number of rotatable bonds is 52. The van der Waals surface area contributed by atoms with Crippen LogP contribution < -0.4 is 10.9 Å². The first-order chi connectivity index (χ1) is 48.4. The van der Waals surface area contributed by atoms with Crippen LogP contribution in [0.1, 0.15) is 426 Å².